The maximum Gasteiger partial charge on any atom is 0.409 e. The number of nitrogens with one attached hydrogen (secondary N) is 1. The molecule has 1 aliphatic rings. The van der Waals surface area contributed by atoms with Crippen LogP contribution in [0.2, 0.25) is 0 Å². The van der Waals surface area contributed by atoms with Gasteiger partial charge in [0.25, 0.3) is 0 Å². The third kappa shape index (κ3) is 4.38. The van der Waals surface area contributed by atoms with Gasteiger partial charge in [0.05, 0.1) is 11.4 Å². The lowest BCUT2D eigenvalue weighted by Crippen LogP contribution is -2.40. The van der Waals surface area contributed by atoms with E-state index in [0.717, 1.165) is 16.7 Å². The number of hydrogen-bond donors (Lipinski definition) is 1. The van der Waals surface area contributed by atoms with Crippen LogP contribution in [0.15, 0.2) is 84.0 Å². The van der Waals surface area contributed by atoms with Gasteiger partial charge in [-0.1, -0.05) is 60.7 Å². The number of Topliss-reactive ketones (excluding diaryl/α,β-unsaturated/α-hetero) is 1. The van der Waals surface area contributed by atoms with Crippen LogP contribution in [0.1, 0.15) is 22.4 Å². The number of pyridine rings is 1. The molecule has 2 heterocycles. The number of rotatable bonds is 4. The Kier molecular flexibility index (Phi) is 5.42. The largest absolute Gasteiger partial charge is 0.445 e. The first-order valence-corrected chi connectivity index (χ1v) is 9.28. The zero-order chi connectivity index (χ0) is 20.1. The zero-order valence-corrected chi connectivity index (χ0v) is 15.6. The van der Waals surface area contributed by atoms with Crippen molar-refractivity contribution in [3.05, 3.63) is 101 Å². The zero-order valence-electron chi connectivity index (χ0n) is 15.6. The number of ketones is 1. The minimum absolute atomic E-state index is 0.116. The van der Waals surface area contributed by atoms with Gasteiger partial charge in [-0.05, 0) is 23.3 Å². The second kappa shape index (κ2) is 8.48. The molecule has 1 atom stereocenters. The van der Waals surface area contributed by atoms with Gasteiger partial charge in [-0.25, -0.2) is 9.79 Å². The summed E-state index contributed by atoms with van der Waals surface area (Å²) in [6, 6.07) is 22.4. The highest BCUT2D eigenvalue weighted by Crippen LogP contribution is 2.20. The average molecular weight is 385 g/mol. The summed E-state index contributed by atoms with van der Waals surface area (Å²) < 4.78 is 5.25. The molecule has 1 aromatic heterocycles. The van der Waals surface area contributed by atoms with Crippen molar-refractivity contribution in [2.75, 3.05) is 0 Å². The van der Waals surface area contributed by atoms with E-state index in [1.54, 1.807) is 6.20 Å². The van der Waals surface area contributed by atoms with Crippen LogP contribution in [-0.2, 0) is 22.6 Å². The molecule has 2 aromatic carbocycles. The van der Waals surface area contributed by atoms with E-state index < -0.39 is 12.3 Å². The second-order valence-electron chi connectivity index (χ2n) is 6.60. The Bertz CT molecular complexity index is 1050. The first-order chi connectivity index (χ1) is 14.2. The van der Waals surface area contributed by atoms with Gasteiger partial charge in [0.15, 0.2) is 11.9 Å². The average Bonchev–Trinajstić information content (AvgIpc) is 2.90. The summed E-state index contributed by atoms with van der Waals surface area (Å²) >= 11 is 0. The van der Waals surface area contributed by atoms with Crippen molar-refractivity contribution < 1.29 is 14.3 Å². The van der Waals surface area contributed by atoms with Crippen LogP contribution < -0.4 is 5.32 Å². The standard InChI is InChI=1S/C23H19N3O3/c27-20-14-17-10-4-5-11-18(17)21(19-12-6-7-13-24-19)25-22(20)26-23(28)29-15-16-8-2-1-3-9-16/h1-13,22H,14-15H2,(H,26,28). The van der Waals surface area contributed by atoms with Crippen molar-refractivity contribution in [2.24, 2.45) is 4.99 Å². The van der Waals surface area contributed by atoms with Gasteiger partial charge in [-0.3, -0.25) is 15.1 Å². The Hall–Kier alpha value is -3.80. The third-order valence-electron chi connectivity index (χ3n) is 4.58. The number of aliphatic imine (C=N–C) groups is 1. The fourth-order valence-electron chi connectivity index (χ4n) is 3.16. The maximum absolute atomic E-state index is 12.8. The Labute approximate surface area is 168 Å². The maximum atomic E-state index is 12.8. The highest BCUT2D eigenvalue weighted by atomic mass is 16.5. The molecule has 144 valence electrons. The van der Waals surface area contributed by atoms with E-state index in [0.29, 0.717) is 11.4 Å². The van der Waals surface area contributed by atoms with Gasteiger partial charge in [0.2, 0.25) is 0 Å². The number of alkyl carbamates (subject to hydrolysis) is 1. The molecule has 0 saturated heterocycles. The van der Waals surface area contributed by atoms with Crippen molar-refractivity contribution in [2.45, 2.75) is 19.2 Å². The Morgan fingerprint density at radius 3 is 2.55 bits per heavy atom. The van der Waals surface area contributed by atoms with Crippen molar-refractivity contribution >= 4 is 17.6 Å². The summed E-state index contributed by atoms with van der Waals surface area (Å²) in [6.07, 6.45) is 0.105. The van der Waals surface area contributed by atoms with Crippen LogP contribution in [-0.4, -0.2) is 28.7 Å². The van der Waals surface area contributed by atoms with E-state index in [1.807, 2.05) is 72.8 Å². The minimum Gasteiger partial charge on any atom is -0.445 e. The lowest BCUT2D eigenvalue weighted by atomic mass is 9.98. The van der Waals surface area contributed by atoms with Crippen molar-refractivity contribution in [3.63, 3.8) is 0 Å². The summed E-state index contributed by atoms with van der Waals surface area (Å²) in [6.45, 7) is 0.116. The van der Waals surface area contributed by atoms with E-state index in [1.165, 1.54) is 0 Å². The molecule has 0 fully saturated rings. The molecule has 1 N–H and O–H groups in total. The Morgan fingerprint density at radius 2 is 1.76 bits per heavy atom. The molecule has 6 nitrogen and oxygen atoms in total. The molecule has 1 aliphatic heterocycles. The predicted octanol–water partition coefficient (Wildman–Crippen LogP) is 3.30. The van der Waals surface area contributed by atoms with Gasteiger partial charge < -0.3 is 4.74 Å². The molecule has 29 heavy (non-hydrogen) atoms. The van der Waals surface area contributed by atoms with E-state index >= 15 is 0 Å². The van der Waals surface area contributed by atoms with E-state index in [-0.39, 0.29) is 18.8 Å². The lowest BCUT2D eigenvalue weighted by Gasteiger charge is -2.13. The van der Waals surface area contributed by atoms with Crippen LogP contribution in [0.5, 0.6) is 0 Å². The highest BCUT2D eigenvalue weighted by Gasteiger charge is 2.27. The highest BCUT2D eigenvalue weighted by molar-refractivity contribution is 6.15. The van der Waals surface area contributed by atoms with Crippen LogP contribution in [0.3, 0.4) is 0 Å². The van der Waals surface area contributed by atoms with Gasteiger partial charge in [-0.2, -0.15) is 0 Å². The van der Waals surface area contributed by atoms with Crippen molar-refractivity contribution in [1.29, 1.82) is 0 Å². The quantitative estimate of drug-likeness (QED) is 0.747. The van der Waals surface area contributed by atoms with E-state index in [4.69, 9.17) is 4.74 Å². The van der Waals surface area contributed by atoms with Crippen LogP contribution >= 0.6 is 0 Å². The summed E-state index contributed by atoms with van der Waals surface area (Å²) in [4.78, 5) is 34.0. The van der Waals surface area contributed by atoms with Crippen LogP contribution in [0, 0.1) is 0 Å². The fraction of sp³-hybridized carbons (Fsp3) is 0.130. The molecule has 0 spiro atoms. The summed E-state index contributed by atoms with van der Waals surface area (Å²) in [7, 11) is 0. The summed E-state index contributed by atoms with van der Waals surface area (Å²) in [5, 5.41) is 2.59. The van der Waals surface area contributed by atoms with Gasteiger partial charge in [0.1, 0.15) is 6.61 Å². The number of benzene rings is 2. The number of amides is 1. The third-order valence-corrected chi connectivity index (χ3v) is 4.58. The lowest BCUT2D eigenvalue weighted by molar-refractivity contribution is -0.120. The molecule has 0 saturated carbocycles. The second-order valence-corrected chi connectivity index (χ2v) is 6.60. The first-order valence-electron chi connectivity index (χ1n) is 9.28. The number of nitrogens with zero attached hydrogens (tertiary/aromatic N) is 2. The molecule has 0 radical (unpaired) electrons. The van der Waals surface area contributed by atoms with Crippen molar-refractivity contribution in [3.8, 4) is 0 Å². The molecule has 0 aliphatic carbocycles. The fourth-order valence-corrected chi connectivity index (χ4v) is 3.16. The normalized spacial score (nSPS) is 15.7. The van der Waals surface area contributed by atoms with E-state index in [9.17, 15) is 9.59 Å². The Morgan fingerprint density at radius 1 is 1.00 bits per heavy atom. The Balaban J connectivity index is 1.58. The molecule has 0 bridgehead atoms. The van der Waals surface area contributed by atoms with Gasteiger partial charge in [-0.15, -0.1) is 0 Å². The van der Waals surface area contributed by atoms with Gasteiger partial charge in [0, 0.05) is 18.2 Å². The molecule has 1 unspecified atom stereocenters. The van der Waals surface area contributed by atoms with Crippen LogP contribution in [0.25, 0.3) is 0 Å². The predicted molar refractivity (Wildman–Crippen MR) is 109 cm³/mol. The molecule has 4 rings (SSSR count). The van der Waals surface area contributed by atoms with Crippen LogP contribution in [0.4, 0.5) is 4.79 Å². The minimum atomic E-state index is -1.04. The number of aromatic nitrogens is 1. The molecular weight excluding hydrogens is 366 g/mol. The monoisotopic (exact) mass is 385 g/mol. The number of ether oxygens (including phenoxy) is 1. The number of carbonyl (C=O) groups excluding carboxylic acids is 2. The topological polar surface area (TPSA) is 80.7 Å². The van der Waals surface area contributed by atoms with Crippen molar-refractivity contribution in [1.82, 2.24) is 10.3 Å². The number of carbonyl (C=O) groups is 2. The molecule has 6 heteroatoms. The summed E-state index contributed by atoms with van der Waals surface area (Å²) in [5.74, 6) is -0.208. The SMILES string of the molecule is O=C(NC1N=C(c2ccccn2)c2ccccc2CC1=O)OCc1ccccc1. The molecular formula is C23H19N3O3. The number of fused-ring (bicyclic) bond motifs is 1. The number of hydrogen-bond acceptors (Lipinski definition) is 5. The van der Waals surface area contributed by atoms with E-state index in [2.05, 4.69) is 15.3 Å². The first kappa shape index (κ1) is 18.6. The van der Waals surface area contributed by atoms with Gasteiger partial charge >= 0.3 is 6.09 Å². The molecule has 3 aromatic rings. The molecule has 1 amide bonds. The summed E-state index contributed by atoms with van der Waals surface area (Å²) in [5.41, 5.74) is 3.75. The smallest absolute Gasteiger partial charge is 0.409 e.